The van der Waals surface area contributed by atoms with Crippen LogP contribution in [-0.2, 0) is 4.79 Å². The summed E-state index contributed by atoms with van der Waals surface area (Å²) < 4.78 is 5.43. The summed E-state index contributed by atoms with van der Waals surface area (Å²) in [5, 5.41) is 11.1. The number of rotatable bonds is 4. The molecule has 1 aromatic rings. The van der Waals surface area contributed by atoms with Gasteiger partial charge in [0.2, 0.25) is 0 Å². The lowest BCUT2D eigenvalue weighted by Gasteiger charge is -2.38. The van der Waals surface area contributed by atoms with E-state index in [9.17, 15) is 14.9 Å². The third-order valence-corrected chi connectivity index (χ3v) is 4.14. The van der Waals surface area contributed by atoms with Crippen molar-refractivity contribution in [3.63, 3.8) is 0 Å². The van der Waals surface area contributed by atoms with Gasteiger partial charge in [0.1, 0.15) is 0 Å². The van der Waals surface area contributed by atoms with Gasteiger partial charge in [-0.2, -0.15) is 0 Å². The number of nitro groups is 1. The zero-order valence-corrected chi connectivity index (χ0v) is 13.2. The maximum absolute atomic E-state index is 12.4. The van der Waals surface area contributed by atoms with E-state index in [2.05, 4.69) is 0 Å². The number of likely N-dealkylation sites (tertiary alicyclic amines) is 1. The molecule has 0 N–H and O–H groups in total. The molecule has 1 aliphatic rings. The van der Waals surface area contributed by atoms with E-state index in [-0.39, 0.29) is 36.0 Å². The summed E-state index contributed by atoms with van der Waals surface area (Å²) in [6.45, 7) is 5.67. The van der Waals surface area contributed by atoms with Gasteiger partial charge in [0, 0.05) is 18.2 Å². The summed E-state index contributed by atoms with van der Waals surface area (Å²) in [7, 11) is 0. The van der Waals surface area contributed by atoms with Crippen LogP contribution in [0.1, 0.15) is 38.7 Å². The van der Waals surface area contributed by atoms with Crippen LogP contribution in [0, 0.1) is 17.0 Å². The van der Waals surface area contributed by atoms with Crippen LogP contribution < -0.4 is 4.74 Å². The molecule has 2 atom stereocenters. The first-order valence-electron chi connectivity index (χ1n) is 7.59. The van der Waals surface area contributed by atoms with Gasteiger partial charge in [0.25, 0.3) is 5.91 Å². The number of aryl methyl sites for hydroxylation is 1. The smallest absolute Gasteiger partial charge is 0.311 e. The van der Waals surface area contributed by atoms with E-state index in [0.29, 0.717) is 0 Å². The predicted molar refractivity (Wildman–Crippen MR) is 82.9 cm³/mol. The average molecular weight is 306 g/mol. The zero-order valence-electron chi connectivity index (χ0n) is 13.2. The Balaban J connectivity index is 2.06. The van der Waals surface area contributed by atoms with Crippen LogP contribution in [0.5, 0.6) is 5.75 Å². The first-order valence-corrected chi connectivity index (χ1v) is 7.59. The molecule has 0 aromatic heterocycles. The molecular formula is C16H22N2O4. The van der Waals surface area contributed by atoms with Crippen LogP contribution in [0.2, 0.25) is 0 Å². The maximum atomic E-state index is 12.4. The summed E-state index contributed by atoms with van der Waals surface area (Å²) in [6, 6.07) is 5.11. The quantitative estimate of drug-likeness (QED) is 0.633. The lowest BCUT2D eigenvalue weighted by atomic mass is 9.97. The van der Waals surface area contributed by atoms with Crippen molar-refractivity contribution in [2.45, 2.75) is 52.1 Å². The monoisotopic (exact) mass is 306 g/mol. The number of ether oxygens (including phenoxy) is 1. The molecule has 0 bridgehead atoms. The van der Waals surface area contributed by atoms with E-state index in [0.717, 1.165) is 24.8 Å². The van der Waals surface area contributed by atoms with Crippen molar-refractivity contribution in [1.29, 1.82) is 0 Å². The minimum absolute atomic E-state index is 0.104. The second-order valence-electron chi connectivity index (χ2n) is 5.95. The molecule has 2 unspecified atom stereocenters. The van der Waals surface area contributed by atoms with Crippen molar-refractivity contribution >= 4 is 11.6 Å². The van der Waals surface area contributed by atoms with Gasteiger partial charge in [-0.05, 0) is 51.7 Å². The fourth-order valence-corrected chi connectivity index (χ4v) is 3.02. The Hall–Kier alpha value is -2.11. The molecule has 0 saturated carbocycles. The molecule has 1 saturated heterocycles. The van der Waals surface area contributed by atoms with Crippen LogP contribution in [0.25, 0.3) is 0 Å². The summed E-state index contributed by atoms with van der Waals surface area (Å²) in [4.78, 5) is 24.8. The second kappa shape index (κ2) is 6.77. The van der Waals surface area contributed by atoms with E-state index in [1.807, 2.05) is 18.7 Å². The van der Waals surface area contributed by atoms with Crippen molar-refractivity contribution < 1.29 is 14.5 Å². The topological polar surface area (TPSA) is 72.7 Å². The Morgan fingerprint density at radius 1 is 1.36 bits per heavy atom. The average Bonchev–Trinajstić information content (AvgIpc) is 2.45. The third kappa shape index (κ3) is 3.55. The molecule has 1 heterocycles. The van der Waals surface area contributed by atoms with Gasteiger partial charge >= 0.3 is 5.69 Å². The highest BCUT2D eigenvalue weighted by Crippen LogP contribution is 2.28. The zero-order chi connectivity index (χ0) is 16.3. The van der Waals surface area contributed by atoms with E-state index in [1.54, 1.807) is 19.1 Å². The third-order valence-electron chi connectivity index (χ3n) is 4.14. The van der Waals surface area contributed by atoms with Crippen LogP contribution in [0.4, 0.5) is 5.69 Å². The van der Waals surface area contributed by atoms with Crippen molar-refractivity contribution in [3.05, 3.63) is 33.9 Å². The predicted octanol–water partition coefficient (Wildman–Crippen LogP) is 3.07. The van der Waals surface area contributed by atoms with E-state index >= 15 is 0 Å². The summed E-state index contributed by atoms with van der Waals surface area (Å²) >= 11 is 0. The Bertz CT molecular complexity index is 563. The number of benzene rings is 1. The number of amides is 1. The number of carbonyl (C=O) groups is 1. The summed E-state index contributed by atoms with van der Waals surface area (Å²) in [5.41, 5.74) is 0.677. The van der Waals surface area contributed by atoms with Gasteiger partial charge in [-0.3, -0.25) is 14.9 Å². The van der Waals surface area contributed by atoms with Crippen LogP contribution >= 0.6 is 0 Å². The number of piperidine rings is 1. The fraction of sp³-hybridized carbons (Fsp3) is 0.562. The van der Waals surface area contributed by atoms with Gasteiger partial charge in [0.15, 0.2) is 12.4 Å². The molecule has 0 spiro atoms. The Labute approximate surface area is 130 Å². The highest BCUT2D eigenvalue weighted by molar-refractivity contribution is 5.78. The minimum atomic E-state index is -0.487. The number of nitrogens with zero attached hydrogens (tertiary/aromatic N) is 2. The number of hydrogen-bond donors (Lipinski definition) is 0. The molecule has 1 aromatic carbocycles. The van der Waals surface area contributed by atoms with Crippen LogP contribution in [0.15, 0.2) is 18.2 Å². The first kappa shape index (κ1) is 16.3. The molecule has 2 rings (SSSR count). The maximum Gasteiger partial charge on any atom is 0.311 e. The van der Waals surface area contributed by atoms with E-state index in [4.69, 9.17) is 4.74 Å². The summed E-state index contributed by atoms with van der Waals surface area (Å²) in [5.74, 6) is 0.0239. The Morgan fingerprint density at radius 2 is 2.00 bits per heavy atom. The highest BCUT2D eigenvalue weighted by Gasteiger charge is 2.29. The van der Waals surface area contributed by atoms with E-state index < -0.39 is 4.92 Å². The van der Waals surface area contributed by atoms with Gasteiger partial charge in [-0.15, -0.1) is 0 Å². The molecule has 1 amide bonds. The molecule has 0 radical (unpaired) electrons. The second-order valence-corrected chi connectivity index (χ2v) is 5.95. The summed E-state index contributed by atoms with van der Waals surface area (Å²) in [6.07, 6.45) is 3.10. The fourth-order valence-electron chi connectivity index (χ4n) is 3.02. The highest BCUT2D eigenvalue weighted by atomic mass is 16.6. The molecule has 6 heteroatoms. The lowest BCUT2D eigenvalue weighted by Crippen LogP contribution is -2.49. The van der Waals surface area contributed by atoms with Crippen LogP contribution in [-0.4, -0.2) is 34.4 Å². The van der Waals surface area contributed by atoms with Crippen molar-refractivity contribution in [2.75, 3.05) is 6.61 Å². The Kier molecular flexibility index (Phi) is 5.00. The van der Waals surface area contributed by atoms with Gasteiger partial charge in [-0.1, -0.05) is 6.07 Å². The van der Waals surface area contributed by atoms with Gasteiger partial charge in [0.05, 0.1) is 4.92 Å². The number of nitro benzene ring substituents is 1. The first-order chi connectivity index (χ1) is 10.4. The molecule has 1 aliphatic heterocycles. The minimum Gasteiger partial charge on any atom is -0.477 e. The van der Waals surface area contributed by atoms with Crippen molar-refractivity contribution in [1.82, 2.24) is 4.90 Å². The normalized spacial score (nSPS) is 21.5. The van der Waals surface area contributed by atoms with Crippen molar-refractivity contribution in [3.8, 4) is 5.75 Å². The number of carbonyl (C=O) groups excluding carboxylic acids is 1. The Morgan fingerprint density at radius 3 is 2.59 bits per heavy atom. The molecule has 6 nitrogen and oxygen atoms in total. The SMILES string of the molecule is Cc1ccc(OCC(=O)N2C(C)CCCC2C)c([N+](=O)[O-])c1. The molecule has 0 aliphatic carbocycles. The molecule has 120 valence electrons. The van der Waals surface area contributed by atoms with Gasteiger partial charge in [-0.25, -0.2) is 0 Å². The largest absolute Gasteiger partial charge is 0.477 e. The van der Waals surface area contributed by atoms with Crippen molar-refractivity contribution in [2.24, 2.45) is 0 Å². The lowest BCUT2D eigenvalue weighted by molar-refractivity contribution is -0.385. The molecular weight excluding hydrogens is 284 g/mol. The van der Waals surface area contributed by atoms with Gasteiger partial charge < -0.3 is 9.64 Å². The van der Waals surface area contributed by atoms with Crippen LogP contribution in [0.3, 0.4) is 0 Å². The molecule has 22 heavy (non-hydrogen) atoms. The molecule has 1 fully saturated rings. The number of hydrogen-bond acceptors (Lipinski definition) is 4. The standard InChI is InChI=1S/C16H22N2O4/c1-11-7-8-15(14(9-11)18(20)21)22-10-16(19)17-12(2)5-4-6-13(17)3/h7-9,12-13H,4-6,10H2,1-3H3. The van der Waals surface area contributed by atoms with E-state index in [1.165, 1.54) is 6.07 Å².